The number of aryl methyl sites for hydroxylation is 2. The molecule has 30 heavy (non-hydrogen) atoms. The van der Waals surface area contributed by atoms with E-state index in [0.717, 1.165) is 28.8 Å². The van der Waals surface area contributed by atoms with Gasteiger partial charge in [-0.05, 0) is 37.1 Å². The summed E-state index contributed by atoms with van der Waals surface area (Å²) >= 11 is 0. The van der Waals surface area contributed by atoms with Crippen LogP contribution < -0.4 is 19.8 Å². The number of aromatic amines is 1. The number of benzene rings is 2. The molecule has 0 fully saturated rings. The topological polar surface area (TPSA) is 93.8 Å². The van der Waals surface area contributed by atoms with Crippen LogP contribution in [0.1, 0.15) is 11.1 Å². The van der Waals surface area contributed by atoms with Gasteiger partial charge in [0.05, 0.1) is 26.3 Å². The van der Waals surface area contributed by atoms with Crippen molar-refractivity contribution in [2.75, 3.05) is 34.4 Å². The number of nitrogens with one attached hydrogen (secondary N) is 1. The molecule has 2 aromatic carbocycles. The van der Waals surface area contributed by atoms with E-state index in [1.807, 2.05) is 26.0 Å². The van der Waals surface area contributed by atoms with Gasteiger partial charge in [-0.3, -0.25) is 9.59 Å². The second-order valence-corrected chi connectivity index (χ2v) is 7.01. The first-order chi connectivity index (χ1) is 14.4. The van der Waals surface area contributed by atoms with Crippen LogP contribution in [0, 0.1) is 13.8 Å². The molecule has 8 heteroatoms. The van der Waals surface area contributed by atoms with Gasteiger partial charge in [0.25, 0.3) is 5.56 Å². The van der Waals surface area contributed by atoms with Crippen LogP contribution in [0.25, 0.3) is 22.3 Å². The highest BCUT2D eigenvalue weighted by Crippen LogP contribution is 2.31. The summed E-state index contributed by atoms with van der Waals surface area (Å²) in [6, 6.07) is 7.18. The largest absolute Gasteiger partial charge is 0.497 e. The molecule has 0 unspecified atom stereocenters. The normalized spacial score (nSPS) is 10.7. The first-order valence-corrected chi connectivity index (χ1v) is 9.44. The smallest absolute Gasteiger partial charge is 0.262 e. The summed E-state index contributed by atoms with van der Waals surface area (Å²) in [7, 11) is 4.75. The molecule has 0 aliphatic rings. The molecule has 1 amide bonds. The molecule has 0 radical (unpaired) electrons. The quantitative estimate of drug-likeness (QED) is 0.573. The van der Waals surface area contributed by atoms with Gasteiger partial charge in [-0.2, -0.15) is 0 Å². The predicted molar refractivity (Wildman–Crippen MR) is 115 cm³/mol. The van der Waals surface area contributed by atoms with Crippen molar-refractivity contribution in [1.82, 2.24) is 14.9 Å². The van der Waals surface area contributed by atoms with Gasteiger partial charge in [0.2, 0.25) is 6.41 Å². The van der Waals surface area contributed by atoms with Gasteiger partial charge in [0, 0.05) is 24.7 Å². The SMILES string of the molecule is COc1cc(OC)c2c(=O)[nH]c(-c3cc(C)c(OCCN(C)C=O)c(C)c3)nc2c1. The minimum absolute atomic E-state index is 0.290. The molecule has 0 spiro atoms. The summed E-state index contributed by atoms with van der Waals surface area (Å²) in [5.41, 5.74) is 2.78. The van der Waals surface area contributed by atoms with Crippen molar-refractivity contribution in [3.63, 3.8) is 0 Å². The van der Waals surface area contributed by atoms with Crippen LogP contribution in [0.5, 0.6) is 17.2 Å². The highest BCUT2D eigenvalue weighted by atomic mass is 16.5. The minimum atomic E-state index is -0.290. The molecule has 158 valence electrons. The van der Waals surface area contributed by atoms with E-state index >= 15 is 0 Å². The van der Waals surface area contributed by atoms with Crippen molar-refractivity contribution < 1.29 is 19.0 Å². The standard InChI is InChI=1S/C22H25N3O5/c1-13-8-15(9-14(2)20(13)30-7-6-25(3)12-26)21-23-17-10-16(28-4)11-18(29-5)19(17)22(27)24-21/h8-12H,6-7H2,1-5H3,(H,23,24,27). The zero-order valence-electron chi connectivity index (χ0n) is 17.7. The number of carbonyl (C=O) groups is 1. The zero-order valence-corrected chi connectivity index (χ0v) is 17.7. The first-order valence-electron chi connectivity index (χ1n) is 9.44. The summed E-state index contributed by atoms with van der Waals surface area (Å²) in [4.78, 5) is 32.4. The third kappa shape index (κ3) is 4.22. The Morgan fingerprint density at radius 2 is 1.80 bits per heavy atom. The minimum Gasteiger partial charge on any atom is -0.497 e. The third-order valence-corrected chi connectivity index (χ3v) is 4.81. The van der Waals surface area contributed by atoms with E-state index in [-0.39, 0.29) is 5.56 Å². The number of carbonyl (C=O) groups excluding carboxylic acids is 1. The van der Waals surface area contributed by atoms with Crippen LogP contribution >= 0.6 is 0 Å². The van der Waals surface area contributed by atoms with Gasteiger partial charge in [0.15, 0.2) is 0 Å². The number of rotatable bonds is 8. The van der Waals surface area contributed by atoms with Crippen molar-refractivity contribution in [2.24, 2.45) is 0 Å². The number of hydrogen-bond acceptors (Lipinski definition) is 6. The summed E-state index contributed by atoms with van der Waals surface area (Å²) in [6.07, 6.45) is 0.762. The number of aromatic nitrogens is 2. The molecule has 0 atom stereocenters. The van der Waals surface area contributed by atoms with Crippen molar-refractivity contribution in [1.29, 1.82) is 0 Å². The van der Waals surface area contributed by atoms with E-state index in [2.05, 4.69) is 9.97 Å². The molecule has 0 aliphatic carbocycles. The number of hydrogen-bond donors (Lipinski definition) is 1. The fourth-order valence-electron chi connectivity index (χ4n) is 3.29. The molecule has 3 rings (SSSR count). The number of fused-ring (bicyclic) bond motifs is 1. The van der Waals surface area contributed by atoms with E-state index in [1.165, 1.54) is 12.0 Å². The van der Waals surface area contributed by atoms with Gasteiger partial charge < -0.3 is 24.1 Å². The number of nitrogens with zero attached hydrogens (tertiary/aromatic N) is 2. The molecule has 1 N–H and O–H groups in total. The van der Waals surface area contributed by atoms with Gasteiger partial charge in [0.1, 0.15) is 35.1 Å². The number of likely N-dealkylation sites (N-methyl/N-ethyl adjacent to an activating group) is 1. The summed E-state index contributed by atoms with van der Waals surface area (Å²) in [5.74, 6) is 2.16. The maximum Gasteiger partial charge on any atom is 0.262 e. The maximum atomic E-state index is 12.7. The molecular formula is C22H25N3O5. The zero-order chi connectivity index (χ0) is 21.8. The molecule has 1 heterocycles. The Kier molecular flexibility index (Phi) is 6.25. The van der Waals surface area contributed by atoms with Crippen LogP contribution in [0.2, 0.25) is 0 Å². The molecule has 0 saturated heterocycles. The van der Waals surface area contributed by atoms with Gasteiger partial charge in [-0.1, -0.05) is 0 Å². The highest BCUT2D eigenvalue weighted by molar-refractivity contribution is 5.87. The van der Waals surface area contributed by atoms with Gasteiger partial charge in [-0.25, -0.2) is 4.98 Å². The fraction of sp³-hybridized carbons (Fsp3) is 0.318. The second kappa shape index (κ2) is 8.86. The lowest BCUT2D eigenvalue weighted by molar-refractivity contribution is -0.117. The Bertz CT molecular complexity index is 1120. The molecule has 3 aromatic rings. The molecule has 1 aromatic heterocycles. The van der Waals surface area contributed by atoms with Crippen LogP contribution in [0.4, 0.5) is 0 Å². The number of H-pyrrole nitrogens is 1. The molecule has 0 bridgehead atoms. The van der Waals surface area contributed by atoms with Crippen molar-refractivity contribution in [3.05, 3.63) is 45.7 Å². The van der Waals surface area contributed by atoms with E-state index in [1.54, 1.807) is 26.3 Å². The van der Waals surface area contributed by atoms with Crippen molar-refractivity contribution in [3.8, 4) is 28.6 Å². The first kappa shape index (κ1) is 21.2. The molecule has 0 aliphatic heterocycles. The maximum absolute atomic E-state index is 12.7. The Balaban J connectivity index is 2.01. The van der Waals surface area contributed by atoms with Gasteiger partial charge >= 0.3 is 0 Å². The number of methoxy groups -OCH3 is 2. The van der Waals surface area contributed by atoms with Gasteiger partial charge in [-0.15, -0.1) is 0 Å². The molecular weight excluding hydrogens is 386 g/mol. The summed E-state index contributed by atoms with van der Waals surface area (Å²) < 4.78 is 16.5. The van der Waals surface area contributed by atoms with Crippen molar-refractivity contribution in [2.45, 2.75) is 13.8 Å². The Hall–Kier alpha value is -3.55. The van der Waals surface area contributed by atoms with Crippen LogP contribution in [-0.4, -0.2) is 55.7 Å². The Labute approximate surface area is 174 Å². The lowest BCUT2D eigenvalue weighted by Gasteiger charge is -2.16. The Morgan fingerprint density at radius 3 is 2.40 bits per heavy atom. The third-order valence-electron chi connectivity index (χ3n) is 4.81. The summed E-state index contributed by atoms with van der Waals surface area (Å²) in [6.45, 7) is 4.75. The predicted octanol–water partition coefficient (Wildman–Crippen LogP) is 2.69. The average Bonchev–Trinajstić information content (AvgIpc) is 2.73. The number of ether oxygens (including phenoxy) is 3. The van der Waals surface area contributed by atoms with E-state index in [9.17, 15) is 9.59 Å². The second-order valence-electron chi connectivity index (χ2n) is 7.01. The lowest BCUT2D eigenvalue weighted by atomic mass is 10.0. The van der Waals surface area contributed by atoms with Crippen LogP contribution in [0.3, 0.4) is 0 Å². The monoisotopic (exact) mass is 411 g/mol. The average molecular weight is 411 g/mol. The van der Waals surface area contributed by atoms with E-state index in [0.29, 0.717) is 41.4 Å². The lowest BCUT2D eigenvalue weighted by Crippen LogP contribution is -2.22. The van der Waals surface area contributed by atoms with Crippen LogP contribution in [0.15, 0.2) is 29.1 Å². The van der Waals surface area contributed by atoms with Crippen LogP contribution in [-0.2, 0) is 4.79 Å². The Morgan fingerprint density at radius 1 is 1.10 bits per heavy atom. The van der Waals surface area contributed by atoms with Crippen molar-refractivity contribution >= 4 is 17.3 Å². The number of amides is 1. The van der Waals surface area contributed by atoms with E-state index < -0.39 is 0 Å². The molecule has 0 saturated carbocycles. The molecule has 8 nitrogen and oxygen atoms in total. The summed E-state index contributed by atoms with van der Waals surface area (Å²) in [5, 5.41) is 0.370. The highest BCUT2D eigenvalue weighted by Gasteiger charge is 2.15. The van der Waals surface area contributed by atoms with E-state index in [4.69, 9.17) is 14.2 Å². The fourth-order valence-corrected chi connectivity index (χ4v) is 3.29.